The molecule has 1 N–H and O–H groups in total. The highest BCUT2D eigenvalue weighted by molar-refractivity contribution is 5.82. The molecule has 0 amide bonds. The van der Waals surface area contributed by atoms with Crippen molar-refractivity contribution in [3.8, 4) is 0 Å². The van der Waals surface area contributed by atoms with Gasteiger partial charge in [0, 0.05) is 30.2 Å². The number of aryl methyl sites for hydroxylation is 1. The lowest BCUT2D eigenvalue weighted by molar-refractivity contribution is 0.298. The Kier molecular flexibility index (Phi) is 4.51. The molecule has 1 unspecified atom stereocenters. The highest BCUT2D eigenvalue weighted by Gasteiger charge is 2.14. The van der Waals surface area contributed by atoms with Crippen molar-refractivity contribution in [3.05, 3.63) is 41.6 Å². The van der Waals surface area contributed by atoms with Gasteiger partial charge in [-0.2, -0.15) is 0 Å². The van der Waals surface area contributed by atoms with Crippen LogP contribution < -0.4 is 5.32 Å². The van der Waals surface area contributed by atoms with Gasteiger partial charge < -0.3 is 10.2 Å². The number of nitrogens with one attached hydrogen (secondary N) is 1. The zero-order valence-corrected chi connectivity index (χ0v) is 13.1. The number of benzene rings is 1. The largest absolute Gasteiger partial charge is 0.309 e. The van der Waals surface area contributed by atoms with Gasteiger partial charge in [0.25, 0.3) is 0 Å². The number of para-hydroxylation sites is 1. The van der Waals surface area contributed by atoms with Crippen molar-refractivity contribution in [2.45, 2.75) is 39.3 Å². The van der Waals surface area contributed by atoms with E-state index >= 15 is 0 Å². The minimum Gasteiger partial charge on any atom is -0.309 e. The number of fused-ring (bicyclic) bond motifs is 1. The first-order valence-corrected chi connectivity index (χ1v) is 8.03. The maximum absolute atomic E-state index is 4.61. The van der Waals surface area contributed by atoms with Crippen molar-refractivity contribution < 1.29 is 0 Å². The van der Waals surface area contributed by atoms with Gasteiger partial charge in [0.2, 0.25) is 0 Å². The minimum atomic E-state index is 0.523. The molecule has 0 spiro atoms. The predicted octanol–water partition coefficient (Wildman–Crippen LogP) is 3.12. The molecule has 2 aromatic rings. The van der Waals surface area contributed by atoms with Crippen molar-refractivity contribution in [1.82, 2.24) is 15.2 Å². The molecule has 3 heteroatoms. The molecule has 21 heavy (non-hydrogen) atoms. The molecular formula is C18H25N3. The number of likely N-dealkylation sites (tertiary alicyclic amines) is 1. The summed E-state index contributed by atoms with van der Waals surface area (Å²) in [5, 5.41) is 4.94. The van der Waals surface area contributed by atoms with Gasteiger partial charge in [-0.1, -0.05) is 18.2 Å². The zero-order valence-electron chi connectivity index (χ0n) is 13.1. The fourth-order valence-corrected chi connectivity index (χ4v) is 3.24. The van der Waals surface area contributed by atoms with Gasteiger partial charge in [0.1, 0.15) is 0 Å². The highest BCUT2D eigenvalue weighted by atomic mass is 15.2. The number of nitrogens with zero attached hydrogens (tertiary/aromatic N) is 2. The van der Waals surface area contributed by atoms with Crippen LogP contribution in [0.25, 0.3) is 10.9 Å². The van der Waals surface area contributed by atoms with Crippen LogP contribution in [0.5, 0.6) is 0 Å². The molecule has 1 aliphatic heterocycles. The van der Waals surface area contributed by atoms with E-state index < -0.39 is 0 Å². The molecule has 1 fully saturated rings. The van der Waals surface area contributed by atoms with Crippen LogP contribution >= 0.6 is 0 Å². The molecule has 3 nitrogen and oxygen atoms in total. The Labute approximate surface area is 127 Å². The summed E-state index contributed by atoms with van der Waals surface area (Å²) in [4.78, 5) is 7.17. The first-order valence-electron chi connectivity index (χ1n) is 8.03. The SMILES string of the molecule is Cc1cc(CNC(C)CN2CCCC2)c2ccccc2n1. The van der Waals surface area contributed by atoms with Crippen LogP contribution in [0, 0.1) is 6.92 Å². The van der Waals surface area contributed by atoms with Crippen LogP contribution in [0.2, 0.25) is 0 Å². The molecule has 3 rings (SSSR count). The monoisotopic (exact) mass is 283 g/mol. The van der Waals surface area contributed by atoms with Gasteiger partial charge in [0.15, 0.2) is 0 Å². The lowest BCUT2D eigenvalue weighted by Crippen LogP contribution is -2.37. The summed E-state index contributed by atoms with van der Waals surface area (Å²) in [6.45, 7) is 8.96. The lowest BCUT2D eigenvalue weighted by Gasteiger charge is -2.21. The third-order valence-corrected chi connectivity index (χ3v) is 4.30. The van der Waals surface area contributed by atoms with E-state index in [1.54, 1.807) is 0 Å². The van der Waals surface area contributed by atoms with Crippen LogP contribution in [0.4, 0.5) is 0 Å². The van der Waals surface area contributed by atoms with E-state index in [4.69, 9.17) is 0 Å². The van der Waals surface area contributed by atoms with Crippen LogP contribution in [0.15, 0.2) is 30.3 Å². The van der Waals surface area contributed by atoms with E-state index in [0.29, 0.717) is 6.04 Å². The number of hydrogen-bond acceptors (Lipinski definition) is 3. The summed E-state index contributed by atoms with van der Waals surface area (Å²) in [5.41, 5.74) is 3.55. The van der Waals surface area contributed by atoms with Crippen LogP contribution in [-0.4, -0.2) is 35.6 Å². The average molecular weight is 283 g/mol. The number of hydrogen-bond donors (Lipinski definition) is 1. The first kappa shape index (κ1) is 14.5. The Hall–Kier alpha value is -1.45. The second kappa shape index (κ2) is 6.54. The fourth-order valence-electron chi connectivity index (χ4n) is 3.24. The zero-order chi connectivity index (χ0) is 14.7. The highest BCUT2D eigenvalue weighted by Crippen LogP contribution is 2.18. The van der Waals surface area contributed by atoms with Crippen LogP contribution in [0.1, 0.15) is 31.0 Å². The third kappa shape index (κ3) is 3.60. The van der Waals surface area contributed by atoms with Crippen molar-refractivity contribution >= 4 is 10.9 Å². The van der Waals surface area contributed by atoms with Crippen molar-refractivity contribution in [2.75, 3.05) is 19.6 Å². The Morgan fingerprint density at radius 3 is 2.81 bits per heavy atom. The molecule has 1 aliphatic rings. The predicted molar refractivity (Wildman–Crippen MR) is 88.5 cm³/mol. The quantitative estimate of drug-likeness (QED) is 0.914. The van der Waals surface area contributed by atoms with Crippen LogP contribution in [0.3, 0.4) is 0 Å². The third-order valence-electron chi connectivity index (χ3n) is 4.30. The molecule has 0 saturated carbocycles. The molecule has 112 valence electrons. The molecule has 1 saturated heterocycles. The van der Waals surface area contributed by atoms with Crippen molar-refractivity contribution in [1.29, 1.82) is 0 Å². The van der Waals surface area contributed by atoms with E-state index in [2.05, 4.69) is 59.4 Å². The summed E-state index contributed by atoms with van der Waals surface area (Å²) in [6.07, 6.45) is 2.72. The maximum atomic E-state index is 4.61. The van der Waals surface area contributed by atoms with E-state index in [0.717, 1.165) is 24.3 Å². The normalized spacial score (nSPS) is 17.4. The minimum absolute atomic E-state index is 0.523. The Morgan fingerprint density at radius 2 is 2.00 bits per heavy atom. The second-order valence-corrected chi connectivity index (χ2v) is 6.23. The molecular weight excluding hydrogens is 258 g/mol. The van der Waals surface area contributed by atoms with Gasteiger partial charge in [-0.3, -0.25) is 4.98 Å². The van der Waals surface area contributed by atoms with Crippen molar-refractivity contribution in [2.24, 2.45) is 0 Å². The molecule has 0 bridgehead atoms. The summed E-state index contributed by atoms with van der Waals surface area (Å²) >= 11 is 0. The van der Waals surface area contributed by atoms with E-state index in [1.165, 1.54) is 36.9 Å². The van der Waals surface area contributed by atoms with E-state index in [9.17, 15) is 0 Å². The molecule has 2 heterocycles. The standard InChI is InChI=1S/C18H25N3/c1-14-11-16(17-7-3-4-8-18(17)20-14)12-19-15(2)13-21-9-5-6-10-21/h3-4,7-8,11,15,19H,5-6,9-10,12-13H2,1-2H3. The molecule has 0 radical (unpaired) electrons. The lowest BCUT2D eigenvalue weighted by atomic mass is 10.1. The maximum Gasteiger partial charge on any atom is 0.0708 e. The van der Waals surface area contributed by atoms with Gasteiger partial charge in [-0.15, -0.1) is 0 Å². The number of pyridine rings is 1. The number of aromatic nitrogens is 1. The topological polar surface area (TPSA) is 28.2 Å². The fraction of sp³-hybridized carbons (Fsp3) is 0.500. The molecule has 0 aliphatic carbocycles. The summed E-state index contributed by atoms with van der Waals surface area (Å²) in [6, 6.07) is 11.1. The molecule has 1 atom stereocenters. The Balaban J connectivity index is 1.67. The van der Waals surface area contributed by atoms with E-state index in [1.807, 2.05) is 0 Å². The summed E-state index contributed by atoms with van der Waals surface area (Å²) < 4.78 is 0. The first-order chi connectivity index (χ1) is 10.2. The van der Waals surface area contributed by atoms with Gasteiger partial charge in [-0.05, 0) is 57.5 Å². The Morgan fingerprint density at radius 1 is 1.24 bits per heavy atom. The Bertz CT molecular complexity index is 602. The average Bonchev–Trinajstić information content (AvgIpc) is 2.97. The molecule has 1 aromatic carbocycles. The second-order valence-electron chi connectivity index (χ2n) is 6.23. The van der Waals surface area contributed by atoms with E-state index in [-0.39, 0.29) is 0 Å². The van der Waals surface area contributed by atoms with Gasteiger partial charge in [-0.25, -0.2) is 0 Å². The van der Waals surface area contributed by atoms with Gasteiger partial charge >= 0.3 is 0 Å². The summed E-state index contributed by atoms with van der Waals surface area (Å²) in [5.74, 6) is 0. The van der Waals surface area contributed by atoms with Gasteiger partial charge in [0.05, 0.1) is 5.52 Å². The smallest absolute Gasteiger partial charge is 0.0708 e. The van der Waals surface area contributed by atoms with Crippen molar-refractivity contribution in [3.63, 3.8) is 0 Å². The summed E-state index contributed by atoms with van der Waals surface area (Å²) in [7, 11) is 0. The van der Waals surface area contributed by atoms with Crippen LogP contribution in [-0.2, 0) is 6.54 Å². The number of rotatable bonds is 5. The molecule has 1 aromatic heterocycles.